The van der Waals surface area contributed by atoms with Crippen LogP contribution in [0.1, 0.15) is 17.7 Å². The van der Waals surface area contributed by atoms with E-state index in [0.29, 0.717) is 47.9 Å². The average Bonchev–Trinajstić information content (AvgIpc) is 3.39. The lowest BCUT2D eigenvalue weighted by Gasteiger charge is -2.24. The molecule has 1 amide bonds. The van der Waals surface area contributed by atoms with Gasteiger partial charge in [0.25, 0.3) is 0 Å². The van der Waals surface area contributed by atoms with Crippen LogP contribution >= 0.6 is 0 Å². The molecule has 1 aromatic heterocycles. The van der Waals surface area contributed by atoms with E-state index in [-0.39, 0.29) is 17.4 Å². The summed E-state index contributed by atoms with van der Waals surface area (Å²) in [7, 11) is 0. The molecule has 3 heterocycles. The summed E-state index contributed by atoms with van der Waals surface area (Å²) < 4.78 is 32.4. The van der Waals surface area contributed by atoms with Crippen molar-refractivity contribution in [2.45, 2.75) is 25.0 Å². The van der Waals surface area contributed by atoms with Gasteiger partial charge in [0.15, 0.2) is 11.6 Å². The molecule has 176 valence electrons. The molecule has 5 rings (SSSR count). The molecule has 2 atom stereocenters. The fourth-order valence-electron chi connectivity index (χ4n) is 4.37. The molecule has 2 aromatic rings. The SMILES string of the molecule is O=C(/C=C/CN1CC2CC1CO2)NC1=CCc2c(ncnc2Nc2ccc(F)c(F)c2)C=C1O. The molecule has 3 N–H and O–H groups in total. The van der Waals surface area contributed by atoms with E-state index in [4.69, 9.17) is 4.74 Å². The van der Waals surface area contributed by atoms with Gasteiger partial charge in [-0.3, -0.25) is 9.69 Å². The molecule has 1 aliphatic carbocycles. The van der Waals surface area contributed by atoms with Gasteiger partial charge in [-0.05, 0) is 25.0 Å². The Bertz CT molecular complexity index is 1210. The van der Waals surface area contributed by atoms with Gasteiger partial charge in [-0.15, -0.1) is 0 Å². The Morgan fingerprint density at radius 1 is 1.29 bits per heavy atom. The predicted molar refractivity (Wildman–Crippen MR) is 121 cm³/mol. The molecule has 34 heavy (non-hydrogen) atoms. The summed E-state index contributed by atoms with van der Waals surface area (Å²) in [5.74, 6) is -2.05. The number of allylic oxidation sites excluding steroid dienone is 1. The number of morpholine rings is 1. The Hall–Kier alpha value is -3.63. The highest BCUT2D eigenvalue weighted by Gasteiger charge is 2.38. The van der Waals surface area contributed by atoms with Crippen molar-refractivity contribution in [3.63, 3.8) is 0 Å². The highest BCUT2D eigenvalue weighted by Crippen LogP contribution is 2.28. The molecule has 10 heteroatoms. The molecule has 1 aromatic carbocycles. The zero-order valence-corrected chi connectivity index (χ0v) is 18.2. The number of hydrogen-bond donors (Lipinski definition) is 3. The molecular weight excluding hydrogens is 444 g/mol. The monoisotopic (exact) mass is 467 g/mol. The Balaban J connectivity index is 1.26. The lowest BCUT2D eigenvalue weighted by atomic mass is 10.1. The Labute approximate surface area is 194 Å². The fourth-order valence-corrected chi connectivity index (χ4v) is 4.37. The van der Waals surface area contributed by atoms with Crippen molar-refractivity contribution >= 4 is 23.5 Å². The lowest BCUT2D eigenvalue weighted by molar-refractivity contribution is -0.115. The number of rotatable bonds is 6. The fraction of sp³-hybridized carbons (Fsp3) is 0.292. The first kappa shape index (κ1) is 22.2. The maximum atomic E-state index is 13.6. The molecule has 3 aliphatic rings. The number of fused-ring (bicyclic) bond motifs is 3. The Morgan fingerprint density at radius 2 is 2.18 bits per heavy atom. The highest BCUT2D eigenvalue weighted by atomic mass is 19.2. The van der Waals surface area contributed by atoms with E-state index >= 15 is 0 Å². The molecule has 2 aliphatic heterocycles. The van der Waals surface area contributed by atoms with Crippen LogP contribution in [0.3, 0.4) is 0 Å². The zero-order chi connectivity index (χ0) is 23.7. The van der Waals surface area contributed by atoms with Gasteiger partial charge >= 0.3 is 0 Å². The van der Waals surface area contributed by atoms with Crippen molar-refractivity contribution < 1.29 is 23.4 Å². The van der Waals surface area contributed by atoms with Crippen LogP contribution in [0.5, 0.6) is 0 Å². The lowest BCUT2D eigenvalue weighted by Crippen LogP contribution is -2.37. The summed E-state index contributed by atoms with van der Waals surface area (Å²) in [6.07, 6.45) is 9.27. The van der Waals surface area contributed by atoms with Gasteiger partial charge in [0.05, 0.1) is 24.1 Å². The van der Waals surface area contributed by atoms with Crippen LogP contribution in [0.2, 0.25) is 0 Å². The summed E-state index contributed by atoms with van der Waals surface area (Å²) in [5, 5.41) is 16.2. The number of benzene rings is 1. The third-order valence-corrected chi connectivity index (χ3v) is 6.10. The van der Waals surface area contributed by atoms with E-state index in [1.807, 2.05) is 0 Å². The van der Waals surface area contributed by atoms with E-state index in [1.54, 1.807) is 12.2 Å². The second-order valence-electron chi connectivity index (χ2n) is 8.38. The van der Waals surface area contributed by atoms with Gasteiger partial charge in [0.2, 0.25) is 5.91 Å². The first-order chi connectivity index (χ1) is 16.5. The smallest absolute Gasteiger partial charge is 0.248 e. The van der Waals surface area contributed by atoms with Gasteiger partial charge in [0.1, 0.15) is 17.9 Å². The number of carbonyl (C=O) groups is 1. The summed E-state index contributed by atoms with van der Waals surface area (Å²) in [6, 6.07) is 3.86. The van der Waals surface area contributed by atoms with Crippen molar-refractivity contribution in [2.75, 3.05) is 25.0 Å². The number of hydrogen-bond acceptors (Lipinski definition) is 7. The topological polar surface area (TPSA) is 99.6 Å². The van der Waals surface area contributed by atoms with Crippen molar-refractivity contribution in [2.24, 2.45) is 0 Å². The van der Waals surface area contributed by atoms with Gasteiger partial charge in [-0.25, -0.2) is 18.7 Å². The molecule has 2 bridgehead atoms. The molecule has 8 nitrogen and oxygen atoms in total. The first-order valence-electron chi connectivity index (χ1n) is 11.0. The zero-order valence-electron chi connectivity index (χ0n) is 18.2. The Kier molecular flexibility index (Phi) is 6.08. The van der Waals surface area contributed by atoms with E-state index in [1.165, 1.54) is 24.5 Å². The first-order valence-corrected chi connectivity index (χ1v) is 11.0. The van der Waals surface area contributed by atoms with Crippen LogP contribution in [0.4, 0.5) is 20.3 Å². The number of anilines is 2. The van der Waals surface area contributed by atoms with Gasteiger partial charge in [-0.2, -0.15) is 0 Å². The number of halogens is 2. The second-order valence-corrected chi connectivity index (χ2v) is 8.38. The number of aromatic nitrogens is 2. The maximum Gasteiger partial charge on any atom is 0.248 e. The van der Waals surface area contributed by atoms with E-state index in [0.717, 1.165) is 31.7 Å². The van der Waals surface area contributed by atoms with Crippen LogP contribution in [-0.2, 0) is 16.0 Å². The number of amides is 1. The largest absolute Gasteiger partial charge is 0.506 e. The van der Waals surface area contributed by atoms with Crippen molar-refractivity contribution in [3.05, 3.63) is 77.1 Å². The number of nitrogens with one attached hydrogen (secondary N) is 2. The van der Waals surface area contributed by atoms with Gasteiger partial charge in [0, 0.05) is 48.6 Å². The highest BCUT2D eigenvalue weighted by molar-refractivity contribution is 5.89. The van der Waals surface area contributed by atoms with Crippen molar-refractivity contribution in [1.29, 1.82) is 0 Å². The number of ether oxygens (including phenoxy) is 1. The Morgan fingerprint density at radius 3 is 2.94 bits per heavy atom. The minimum Gasteiger partial charge on any atom is -0.506 e. The number of likely N-dealkylation sites (tertiary alicyclic amines) is 1. The molecule has 0 radical (unpaired) electrons. The third-order valence-electron chi connectivity index (χ3n) is 6.10. The summed E-state index contributed by atoms with van der Waals surface area (Å²) in [6.45, 7) is 2.29. The quantitative estimate of drug-likeness (QED) is 0.562. The van der Waals surface area contributed by atoms with Crippen LogP contribution in [0.15, 0.2) is 54.2 Å². The minimum absolute atomic E-state index is 0.146. The molecule has 0 spiro atoms. The number of aliphatic hydroxyl groups excluding tert-OH is 1. The number of nitrogens with zero attached hydrogens (tertiary/aromatic N) is 3. The normalized spacial score (nSPS) is 21.7. The number of carbonyl (C=O) groups excluding carboxylic acids is 1. The van der Waals surface area contributed by atoms with Gasteiger partial charge in [-0.1, -0.05) is 12.2 Å². The standard InChI is InChI=1S/C24H23F2N5O3/c25-18-5-3-14(8-19(18)26)29-24-17-4-6-20(22(32)10-21(17)27-13-28-24)30-23(33)2-1-7-31-11-16-9-15(31)12-34-16/h1-3,5-6,8,10,13,15-16,32H,4,7,9,11-12H2,(H,30,33)(H,27,28,29)/b2-1+. The van der Waals surface area contributed by atoms with Gasteiger partial charge < -0.3 is 20.5 Å². The average molecular weight is 467 g/mol. The van der Waals surface area contributed by atoms with E-state index in [2.05, 4.69) is 25.5 Å². The molecule has 0 saturated carbocycles. The van der Waals surface area contributed by atoms with E-state index in [9.17, 15) is 18.7 Å². The second kappa shape index (κ2) is 9.32. The summed E-state index contributed by atoms with van der Waals surface area (Å²) in [5.41, 5.74) is 1.64. The van der Waals surface area contributed by atoms with Crippen LogP contribution in [0, 0.1) is 11.6 Å². The van der Waals surface area contributed by atoms with Crippen molar-refractivity contribution in [1.82, 2.24) is 20.2 Å². The summed E-state index contributed by atoms with van der Waals surface area (Å²) in [4.78, 5) is 23.1. The predicted octanol–water partition coefficient (Wildman–Crippen LogP) is 2.98. The van der Waals surface area contributed by atoms with Crippen LogP contribution < -0.4 is 10.6 Å². The number of aliphatic hydroxyl groups is 1. The van der Waals surface area contributed by atoms with Crippen LogP contribution in [0.25, 0.3) is 6.08 Å². The summed E-state index contributed by atoms with van der Waals surface area (Å²) >= 11 is 0. The molecule has 2 saturated heterocycles. The minimum atomic E-state index is -0.980. The van der Waals surface area contributed by atoms with Crippen molar-refractivity contribution in [3.8, 4) is 0 Å². The third kappa shape index (κ3) is 4.68. The van der Waals surface area contributed by atoms with Crippen LogP contribution in [-0.4, -0.2) is 57.7 Å². The van der Waals surface area contributed by atoms with E-state index < -0.39 is 11.6 Å². The molecular formula is C24H23F2N5O3. The molecule has 2 fully saturated rings. The maximum absolute atomic E-state index is 13.6. The molecule has 2 unspecified atom stereocenters.